The molecular formula is C21H17NO6. The summed E-state index contributed by atoms with van der Waals surface area (Å²) in [5.74, 6) is -0.851. The number of nitrogens with zero attached hydrogens (tertiary/aromatic N) is 1. The summed E-state index contributed by atoms with van der Waals surface area (Å²) in [6.07, 6.45) is 2.82. The topological polar surface area (TPSA) is 106 Å². The van der Waals surface area contributed by atoms with Crippen LogP contribution in [0.4, 0.5) is 0 Å². The maximum absolute atomic E-state index is 12.5. The number of aromatic carboxylic acids is 1. The van der Waals surface area contributed by atoms with Gasteiger partial charge in [-0.3, -0.25) is 4.79 Å². The minimum atomic E-state index is -1.16. The summed E-state index contributed by atoms with van der Waals surface area (Å²) in [6, 6.07) is 10.7. The van der Waals surface area contributed by atoms with E-state index in [1.54, 1.807) is 30.3 Å². The van der Waals surface area contributed by atoms with Crippen LogP contribution in [-0.2, 0) is 0 Å². The Morgan fingerprint density at radius 1 is 1.04 bits per heavy atom. The molecule has 7 heteroatoms. The number of fused-ring (bicyclic) bond motifs is 1. The number of ether oxygens (including phenoxy) is 2. The molecule has 0 aliphatic rings. The van der Waals surface area contributed by atoms with E-state index in [1.165, 1.54) is 38.5 Å². The Hall–Kier alpha value is -3.87. The molecule has 7 nitrogen and oxygen atoms in total. The van der Waals surface area contributed by atoms with Gasteiger partial charge in [-0.2, -0.15) is 0 Å². The van der Waals surface area contributed by atoms with Gasteiger partial charge in [0, 0.05) is 5.39 Å². The summed E-state index contributed by atoms with van der Waals surface area (Å²) in [7, 11) is 2.91. The summed E-state index contributed by atoms with van der Waals surface area (Å²) in [5.41, 5.74) is 0.986. The molecule has 2 aromatic carbocycles. The number of hydrogen-bond donors (Lipinski definition) is 2. The minimum Gasteiger partial charge on any atom is -0.504 e. The molecule has 0 amide bonds. The van der Waals surface area contributed by atoms with E-state index < -0.39 is 11.8 Å². The van der Waals surface area contributed by atoms with Crippen molar-refractivity contribution in [3.8, 4) is 17.2 Å². The van der Waals surface area contributed by atoms with Gasteiger partial charge in [0.15, 0.2) is 11.5 Å². The van der Waals surface area contributed by atoms with Crippen molar-refractivity contribution < 1.29 is 29.3 Å². The molecule has 3 rings (SSSR count). The molecule has 0 saturated carbocycles. The molecule has 0 unspecified atom stereocenters. The molecule has 0 aliphatic carbocycles. The number of hydrogen-bond acceptors (Lipinski definition) is 6. The summed E-state index contributed by atoms with van der Waals surface area (Å²) in [6.45, 7) is 0. The van der Waals surface area contributed by atoms with Crippen molar-refractivity contribution in [1.29, 1.82) is 0 Å². The minimum absolute atomic E-state index is 0.0105. The first-order chi connectivity index (χ1) is 13.4. The third-order valence-electron chi connectivity index (χ3n) is 4.13. The molecule has 3 aromatic rings. The standard InChI is InChI=1S/C21H17NO6/c1-27-13-5-6-16-14(10-13)15(21(25)26)11-17(22-16)18(23)7-3-12-4-8-19(24)20(9-12)28-2/h3-11,24H,1-2H3,(H,25,26). The first-order valence-electron chi connectivity index (χ1n) is 8.24. The predicted octanol–water partition coefficient (Wildman–Crippen LogP) is 3.55. The molecule has 0 radical (unpaired) electrons. The van der Waals surface area contributed by atoms with Crippen LogP contribution in [0.1, 0.15) is 26.4 Å². The first-order valence-corrected chi connectivity index (χ1v) is 8.24. The van der Waals surface area contributed by atoms with E-state index in [0.29, 0.717) is 22.2 Å². The Morgan fingerprint density at radius 2 is 1.82 bits per heavy atom. The highest BCUT2D eigenvalue weighted by atomic mass is 16.5. The molecule has 0 atom stereocenters. The van der Waals surface area contributed by atoms with Gasteiger partial charge in [-0.1, -0.05) is 12.1 Å². The zero-order valence-electron chi connectivity index (χ0n) is 15.2. The number of phenolic OH excluding ortho intramolecular Hbond substituents is 1. The number of benzene rings is 2. The fourth-order valence-electron chi connectivity index (χ4n) is 2.69. The predicted molar refractivity (Wildman–Crippen MR) is 103 cm³/mol. The number of methoxy groups -OCH3 is 2. The molecule has 1 aromatic heterocycles. The Labute approximate surface area is 160 Å². The van der Waals surface area contributed by atoms with Crippen LogP contribution < -0.4 is 9.47 Å². The summed E-state index contributed by atoms with van der Waals surface area (Å²) in [4.78, 5) is 28.4. The van der Waals surface area contributed by atoms with Gasteiger partial charge in [0.2, 0.25) is 5.78 Å². The highest BCUT2D eigenvalue weighted by molar-refractivity contribution is 6.10. The van der Waals surface area contributed by atoms with E-state index in [0.717, 1.165) is 0 Å². The monoisotopic (exact) mass is 379 g/mol. The van der Waals surface area contributed by atoms with Gasteiger partial charge < -0.3 is 19.7 Å². The lowest BCUT2D eigenvalue weighted by Crippen LogP contribution is -2.05. The van der Waals surface area contributed by atoms with Gasteiger partial charge in [-0.25, -0.2) is 9.78 Å². The van der Waals surface area contributed by atoms with Crippen molar-refractivity contribution >= 4 is 28.7 Å². The molecular weight excluding hydrogens is 362 g/mol. The number of carboxylic acids is 1. The summed E-state index contributed by atoms with van der Waals surface area (Å²) < 4.78 is 10.2. The third kappa shape index (κ3) is 3.78. The molecule has 0 aliphatic heterocycles. The normalized spacial score (nSPS) is 10.9. The zero-order chi connectivity index (χ0) is 20.3. The van der Waals surface area contributed by atoms with Crippen LogP contribution in [0, 0.1) is 0 Å². The number of rotatable bonds is 6. The number of aromatic hydroxyl groups is 1. The maximum atomic E-state index is 12.5. The molecule has 2 N–H and O–H groups in total. The van der Waals surface area contributed by atoms with Crippen molar-refractivity contribution in [2.75, 3.05) is 14.2 Å². The third-order valence-corrected chi connectivity index (χ3v) is 4.13. The summed E-state index contributed by atoms with van der Waals surface area (Å²) >= 11 is 0. The number of carboxylic acid groups (broad SMARTS) is 1. The smallest absolute Gasteiger partial charge is 0.336 e. The van der Waals surface area contributed by atoms with Gasteiger partial charge in [0.1, 0.15) is 11.4 Å². The Balaban J connectivity index is 1.98. The van der Waals surface area contributed by atoms with E-state index in [4.69, 9.17) is 9.47 Å². The lowest BCUT2D eigenvalue weighted by Gasteiger charge is -2.07. The molecule has 28 heavy (non-hydrogen) atoms. The Morgan fingerprint density at radius 3 is 2.50 bits per heavy atom. The average molecular weight is 379 g/mol. The van der Waals surface area contributed by atoms with Gasteiger partial charge in [0.25, 0.3) is 0 Å². The van der Waals surface area contributed by atoms with E-state index in [2.05, 4.69) is 4.98 Å². The van der Waals surface area contributed by atoms with Crippen LogP contribution in [0.15, 0.2) is 48.5 Å². The number of aromatic nitrogens is 1. The fraction of sp³-hybridized carbons (Fsp3) is 0.0952. The van der Waals surface area contributed by atoms with Crippen LogP contribution in [0.5, 0.6) is 17.2 Å². The van der Waals surface area contributed by atoms with E-state index in [-0.39, 0.29) is 22.8 Å². The number of carbonyl (C=O) groups excluding carboxylic acids is 1. The lowest BCUT2D eigenvalue weighted by molar-refractivity contribution is 0.0699. The number of ketones is 1. The Kier molecular flexibility index (Phi) is 5.26. The number of phenols is 1. The maximum Gasteiger partial charge on any atom is 0.336 e. The number of pyridine rings is 1. The second-order valence-electron chi connectivity index (χ2n) is 5.87. The van der Waals surface area contributed by atoms with E-state index >= 15 is 0 Å². The van der Waals surface area contributed by atoms with Crippen molar-refractivity contribution in [3.05, 3.63) is 65.4 Å². The molecule has 1 heterocycles. The molecule has 0 fully saturated rings. The zero-order valence-corrected chi connectivity index (χ0v) is 15.2. The van der Waals surface area contributed by atoms with E-state index in [9.17, 15) is 19.8 Å². The SMILES string of the molecule is COc1ccc2nc(C(=O)C=Cc3ccc(O)c(OC)c3)cc(C(=O)O)c2c1. The van der Waals surface area contributed by atoms with Crippen LogP contribution in [0.25, 0.3) is 17.0 Å². The van der Waals surface area contributed by atoms with Crippen molar-refractivity contribution in [2.45, 2.75) is 0 Å². The molecule has 0 bridgehead atoms. The fourth-order valence-corrected chi connectivity index (χ4v) is 2.69. The van der Waals surface area contributed by atoms with Gasteiger partial charge in [-0.05, 0) is 48.0 Å². The number of allylic oxidation sites excluding steroid dienone is 1. The van der Waals surface area contributed by atoms with Crippen molar-refractivity contribution in [2.24, 2.45) is 0 Å². The largest absolute Gasteiger partial charge is 0.504 e. The van der Waals surface area contributed by atoms with Crippen molar-refractivity contribution in [1.82, 2.24) is 4.98 Å². The molecule has 0 saturated heterocycles. The van der Waals surface area contributed by atoms with Crippen LogP contribution in [0.3, 0.4) is 0 Å². The quantitative estimate of drug-likeness (QED) is 0.498. The second-order valence-corrected chi connectivity index (χ2v) is 5.87. The van der Waals surface area contributed by atoms with Crippen LogP contribution in [0.2, 0.25) is 0 Å². The molecule has 0 spiro atoms. The highest BCUT2D eigenvalue weighted by Gasteiger charge is 2.15. The van der Waals surface area contributed by atoms with Crippen LogP contribution in [-0.4, -0.2) is 41.2 Å². The van der Waals surface area contributed by atoms with Gasteiger partial charge >= 0.3 is 5.97 Å². The first kappa shape index (κ1) is 18.9. The molecule has 142 valence electrons. The number of carbonyl (C=O) groups is 2. The second kappa shape index (κ2) is 7.79. The highest BCUT2D eigenvalue weighted by Crippen LogP contribution is 2.27. The average Bonchev–Trinajstić information content (AvgIpc) is 2.71. The summed E-state index contributed by atoms with van der Waals surface area (Å²) in [5, 5.41) is 19.5. The Bertz CT molecular complexity index is 1100. The van der Waals surface area contributed by atoms with Gasteiger partial charge in [0.05, 0.1) is 25.3 Å². The van der Waals surface area contributed by atoms with Gasteiger partial charge in [-0.15, -0.1) is 0 Å². The lowest BCUT2D eigenvalue weighted by atomic mass is 10.1. The van der Waals surface area contributed by atoms with Crippen LogP contribution >= 0.6 is 0 Å². The van der Waals surface area contributed by atoms with E-state index in [1.807, 2.05) is 0 Å². The van der Waals surface area contributed by atoms with Crippen molar-refractivity contribution in [3.63, 3.8) is 0 Å².